The number of aryl methyl sites for hydroxylation is 1. The molecule has 4 heteroatoms. The van der Waals surface area contributed by atoms with E-state index >= 15 is 0 Å². The zero-order chi connectivity index (χ0) is 13.1. The van der Waals surface area contributed by atoms with Crippen LogP contribution in [0.4, 0.5) is 17.2 Å². The highest BCUT2D eigenvalue weighted by atomic mass is 15.2. The maximum Gasteiger partial charge on any atom is 0.156 e. The number of pyridine rings is 1. The molecule has 0 atom stereocenters. The first-order chi connectivity index (χ1) is 8.63. The van der Waals surface area contributed by atoms with E-state index in [0.29, 0.717) is 17.1 Å². The average Bonchev–Trinajstić information content (AvgIpc) is 2.41. The second-order valence-corrected chi connectivity index (χ2v) is 4.09. The molecule has 90 valence electrons. The Morgan fingerprint density at radius 3 is 2.83 bits per heavy atom. The molecule has 1 aromatic heterocycles. The number of benzene rings is 1. The second-order valence-electron chi connectivity index (χ2n) is 4.09. The van der Waals surface area contributed by atoms with Crippen molar-refractivity contribution in [3.05, 3.63) is 47.7 Å². The number of rotatable bonds is 2. The van der Waals surface area contributed by atoms with Crippen molar-refractivity contribution in [2.24, 2.45) is 0 Å². The van der Waals surface area contributed by atoms with E-state index < -0.39 is 0 Å². The van der Waals surface area contributed by atoms with E-state index in [-0.39, 0.29) is 0 Å². The Labute approximate surface area is 106 Å². The molecule has 18 heavy (non-hydrogen) atoms. The van der Waals surface area contributed by atoms with Crippen LogP contribution in [0.1, 0.15) is 11.1 Å². The molecule has 2 N–H and O–H groups in total. The fraction of sp³-hybridized carbons (Fsp3) is 0.143. The average molecular weight is 238 g/mol. The summed E-state index contributed by atoms with van der Waals surface area (Å²) in [6, 6.07) is 11.3. The van der Waals surface area contributed by atoms with E-state index in [1.807, 2.05) is 43.1 Å². The molecule has 0 saturated heterocycles. The molecule has 4 nitrogen and oxygen atoms in total. The minimum Gasteiger partial charge on any atom is -0.396 e. The van der Waals surface area contributed by atoms with Gasteiger partial charge in [0.25, 0.3) is 0 Å². The summed E-state index contributed by atoms with van der Waals surface area (Å²) in [4.78, 5) is 6.17. The predicted octanol–water partition coefficient (Wildman–Crippen LogP) is 2.61. The number of nitrogens with zero attached hydrogens (tertiary/aromatic N) is 3. The minimum atomic E-state index is 0.616. The summed E-state index contributed by atoms with van der Waals surface area (Å²) in [6.07, 6.45) is 1.73. The van der Waals surface area contributed by atoms with Crippen LogP contribution in [0.3, 0.4) is 0 Å². The Bertz CT molecular complexity index is 613. The van der Waals surface area contributed by atoms with Crippen molar-refractivity contribution in [1.82, 2.24) is 4.98 Å². The fourth-order valence-corrected chi connectivity index (χ4v) is 1.73. The fourth-order valence-electron chi connectivity index (χ4n) is 1.73. The molecule has 0 unspecified atom stereocenters. The molecular formula is C14H14N4. The van der Waals surface area contributed by atoms with Crippen molar-refractivity contribution < 1.29 is 0 Å². The van der Waals surface area contributed by atoms with Gasteiger partial charge in [0.05, 0.1) is 17.3 Å². The van der Waals surface area contributed by atoms with Gasteiger partial charge in [0, 0.05) is 18.9 Å². The Kier molecular flexibility index (Phi) is 3.16. The van der Waals surface area contributed by atoms with Crippen molar-refractivity contribution in [1.29, 1.82) is 5.26 Å². The van der Waals surface area contributed by atoms with Gasteiger partial charge in [0.1, 0.15) is 0 Å². The summed E-state index contributed by atoms with van der Waals surface area (Å²) in [5.74, 6) is 0.699. The predicted molar refractivity (Wildman–Crippen MR) is 72.6 cm³/mol. The summed E-state index contributed by atoms with van der Waals surface area (Å²) >= 11 is 0. The van der Waals surface area contributed by atoms with Crippen LogP contribution in [0.25, 0.3) is 0 Å². The largest absolute Gasteiger partial charge is 0.396 e. The van der Waals surface area contributed by atoms with Gasteiger partial charge in [-0.1, -0.05) is 6.07 Å². The third-order valence-corrected chi connectivity index (χ3v) is 2.87. The maximum atomic E-state index is 8.90. The quantitative estimate of drug-likeness (QED) is 0.873. The van der Waals surface area contributed by atoms with Crippen LogP contribution in [0, 0.1) is 18.3 Å². The van der Waals surface area contributed by atoms with E-state index in [2.05, 4.69) is 11.1 Å². The minimum absolute atomic E-state index is 0.616. The van der Waals surface area contributed by atoms with Gasteiger partial charge in [-0.15, -0.1) is 0 Å². The monoisotopic (exact) mass is 238 g/mol. The summed E-state index contributed by atoms with van der Waals surface area (Å²) in [5, 5.41) is 8.90. The van der Waals surface area contributed by atoms with E-state index in [0.717, 1.165) is 11.3 Å². The number of anilines is 3. The van der Waals surface area contributed by atoms with Crippen LogP contribution in [-0.2, 0) is 0 Å². The Morgan fingerprint density at radius 1 is 1.33 bits per heavy atom. The first-order valence-electron chi connectivity index (χ1n) is 5.58. The number of aromatic nitrogens is 1. The van der Waals surface area contributed by atoms with Crippen molar-refractivity contribution >= 4 is 17.2 Å². The molecule has 0 aliphatic rings. The molecule has 0 saturated carbocycles. The van der Waals surface area contributed by atoms with Crippen molar-refractivity contribution in [3.63, 3.8) is 0 Å². The summed E-state index contributed by atoms with van der Waals surface area (Å²) in [7, 11) is 1.88. The van der Waals surface area contributed by atoms with Gasteiger partial charge in [0.15, 0.2) is 5.82 Å². The number of hydrogen-bond acceptors (Lipinski definition) is 4. The van der Waals surface area contributed by atoms with Crippen molar-refractivity contribution in [2.75, 3.05) is 17.7 Å². The van der Waals surface area contributed by atoms with Crippen LogP contribution < -0.4 is 10.6 Å². The molecule has 2 aromatic rings. The lowest BCUT2D eigenvalue weighted by Gasteiger charge is -2.20. The van der Waals surface area contributed by atoms with Crippen LogP contribution in [0.2, 0.25) is 0 Å². The van der Waals surface area contributed by atoms with Crippen LogP contribution in [0.5, 0.6) is 0 Å². The highest BCUT2D eigenvalue weighted by Crippen LogP contribution is 2.28. The van der Waals surface area contributed by atoms with Gasteiger partial charge < -0.3 is 10.6 Å². The van der Waals surface area contributed by atoms with E-state index in [1.165, 1.54) is 0 Å². The number of nitrogen functional groups attached to an aromatic ring is 1. The standard InChI is InChI=1S/C14H14N4/c1-10-6-7-17-14(13(10)16)18(2)12-5-3-4-11(8-12)9-15/h3-8H,16H2,1-2H3. The van der Waals surface area contributed by atoms with Gasteiger partial charge in [-0.05, 0) is 36.8 Å². The second kappa shape index (κ2) is 4.76. The van der Waals surface area contributed by atoms with Crippen molar-refractivity contribution in [3.8, 4) is 6.07 Å². The molecule has 1 aromatic carbocycles. The number of nitrogens with two attached hydrogens (primary N) is 1. The van der Waals surface area contributed by atoms with Crippen LogP contribution in [-0.4, -0.2) is 12.0 Å². The number of nitriles is 1. The molecule has 0 radical (unpaired) electrons. The molecule has 1 heterocycles. The lowest BCUT2D eigenvalue weighted by molar-refractivity contribution is 1.12. The van der Waals surface area contributed by atoms with Crippen molar-refractivity contribution in [2.45, 2.75) is 6.92 Å². The van der Waals surface area contributed by atoms with E-state index in [4.69, 9.17) is 11.0 Å². The van der Waals surface area contributed by atoms with Gasteiger partial charge in [-0.3, -0.25) is 0 Å². The Balaban J connectivity index is 2.45. The Hall–Kier alpha value is -2.54. The summed E-state index contributed by atoms with van der Waals surface area (Å²) in [5.41, 5.74) is 9.17. The third kappa shape index (κ3) is 2.11. The smallest absolute Gasteiger partial charge is 0.156 e. The zero-order valence-corrected chi connectivity index (χ0v) is 10.4. The molecule has 0 bridgehead atoms. The van der Waals surface area contributed by atoms with Gasteiger partial charge >= 0.3 is 0 Å². The maximum absolute atomic E-state index is 8.90. The summed E-state index contributed by atoms with van der Waals surface area (Å²) in [6.45, 7) is 1.94. The van der Waals surface area contributed by atoms with Gasteiger partial charge in [0.2, 0.25) is 0 Å². The molecule has 0 spiro atoms. The third-order valence-electron chi connectivity index (χ3n) is 2.87. The molecule has 0 aliphatic heterocycles. The number of hydrogen-bond donors (Lipinski definition) is 1. The van der Waals surface area contributed by atoms with Crippen LogP contribution >= 0.6 is 0 Å². The van der Waals surface area contributed by atoms with Gasteiger partial charge in [-0.25, -0.2) is 4.98 Å². The molecule has 0 amide bonds. The highest BCUT2D eigenvalue weighted by Gasteiger charge is 2.10. The molecular weight excluding hydrogens is 224 g/mol. The molecule has 0 aliphatic carbocycles. The lowest BCUT2D eigenvalue weighted by Crippen LogP contribution is -2.14. The van der Waals surface area contributed by atoms with Gasteiger partial charge in [-0.2, -0.15) is 5.26 Å². The van der Waals surface area contributed by atoms with E-state index in [1.54, 1.807) is 12.3 Å². The lowest BCUT2D eigenvalue weighted by atomic mass is 10.2. The zero-order valence-electron chi connectivity index (χ0n) is 10.4. The first-order valence-corrected chi connectivity index (χ1v) is 5.58. The highest BCUT2D eigenvalue weighted by molar-refractivity contribution is 5.73. The van der Waals surface area contributed by atoms with E-state index in [9.17, 15) is 0 Å². The summed E-state index contributed by atoms with van der Waals surface area (Å²) < 4.78 is 0. The molecule has 0 fully saturated rings. The Morgan fingerprint density at radius 2 is 2.11 bits per heavy atom. The topological polar surface area (TPSA) is 65.9 Å². The first kappa shape index (κ1) is 11.9. The molecule has 2 rings (SSSR count). The van der Waals surface area contributed by atoms with Crippen LogP contribution in [0.15, 0.2) is 36.5 Å². The normalized spacial score (nSPS) is 9.83. The SMILES string of the molecule is Cc1ccnc(N(C)c2cccc(C#N)c2)c1N.